The van der Waals surface area contributed by atoms with Gasteiger partial charge in [-0.25, -0.2) is 4.79 Å². The highest BCUT2D eigenvalue weighted by molar-refractivity contribution is 14.1. The number of halogens is 2. The van der Waals surface area contributed by atoms with E-state index in [1.165, 1.54) is 0 Å². The van der Waals surface area contributed by atoms with Gasteiger partial charge >= 0.3 is 5.97 Å². The number of rotatable bonds is 3. The molecule has 1 aromatic carbocycles. The molecule has 0 amide bonds. The van der Waals surface area contributed by atoms with Gasteiger partial charge in [0.25, 0.3) is 5.19 Å². The number of hydrogen-bond donors (Lipinski definition) is 1. The van der Waals surface area contributed by atoms with E-state index in [0.717, 1.165) is 14.9 Å². The van der Waals surface area contributed by atoms with Crippen LogP contribution in [0.3, 0.4) is 0 Å². The summed E-state index contributed by atoms with van der Waals surface area (Å²) in [6.45, 7) is 0. The second-order valence-corrected chi connectivity index (χ2v) is 5.53. The highest BCUT2D eigenvalue weighted by atomic mass is 127. The minimum atomic E-state index is -1.11. The van der Waals surface area contributed by atoms with E-state index in [9.17, 15) is 4.79 Å². The molecule has 2 rings (SSSR count). The van der Waals surface area contributed by atoms with Crippen molar-refractivity contribution in [3.8, 4) is 10.9 Å². The number of thiazole rings is 1. The summed E-state index contributed by atoms with van der Waals surface area (Å²) in [4.78, 5) is 14.6. The van der Waals surface area contributed by atoms with Gasteiger partial charge in [0.2, 0.25) is 0 Å². The number of benzene rings is 1. The van der Waals surface area contributed by atoms with Crippen LogP contribution < -0.4 is 4.74 Å². The molecule has 1 heterocycles. The van der Waals surface area contributed by atoms with Crippen molar-refractivity contribution in [2.24, 2.45) is 0 Å². The van der Waals surface area contributed by atoms with Crippen molar-refractivity contribution in [3.63, 3.8) is 0 Å². The number of carboxylic acid groups (broad SMARTS) is 1. The van der Waals surface area contributed by atoms with Crippen LogP contribution in [-0.2, 0) is 0 Å². The van der Waals surface area contributed by atoms with Crippen LogP contribution in [-0.4, -0.2) is 16.1 Å². The minimum Gasteiger partial charge on any atom is -0.477 e. The predicted molar refractivity (Wildman–Crippen MR) is 73.3 cm³/mol. The monoisotopic (exact) mass is 381 g/mol. The first-order valence-corrected chi connectivity index (χ1v) is 6.66. The van der Waals surface area contributed by atoms with Gasteiger partial charge in [-0.2, -0.15) is 4.98 Å². The lowest BCUT2D eigenvalue weighted by atomic mass is 10.3. The van der Waals surface area contributed by atoms with Gasteiger partial charge in [0, 0.05) is 3.57 Å². The maximum Gasteiger partial charge on any atom is 0.349 e. The van der Waals surface area contributed by atoms with Crippen LogP contribution in [0.4, 0.5) is 0 Å². The Kier molecular flexibility index (Phi) is 3.85. The van der Waals surface area contributed by atoms with Crippen molar-refractivity contribution < 1.29 is 14.6 Å². The molecule has 7 heteroatoms. The number of ether oxygens (including phenoxy) is 1. The van der Waals surface area contributed by atoms with Gasteiger partial charge in [-0.05, 0) is 46.9 Å². The Morgan fingerprint density at radius 2 is 2.06 bits per heavy atom. The number of carboxylic acids is 1. The lowest BCUT2D eigenvalue weighted by Gasteiger charge is -2.00. The normalized spacial score (nSPS) is 10.2. The molecule has 88 valence electrons. The summed E-state index contributed by atoms with van der Waals surface area (Å²) in [5, 5.41) is 8.97. The lowest BCUT2D eigenvalue weighted by Crippen LogP contribution is -1.91. The van der Waals surface area contributed by atoms with E-state index in [2.05, 4.69) is 27.6 Å². The molecule has 0 radical (unpaired) electrons. The molecule has 0 aliphatic rings. The Morgan fingerprint density at radius 3 is 2.59 bits per heavy atom. The Labute approximate surface area is 119 Å². The average molecular weight is 382 g/mol. The highest BCUT2D eigenvalue weighted by Gasteiger charge is 2.16. The van der Waals surface area contributed by atoms with Gasteiger partial charge in [-0.15, -0.1) is 0 Å². The number of aromatic nitrogens is 1. The molecule has 0 spiro atoms. The fraction of sp³-hybridized carbons (Fsp3) is 0. The summed E-state index contributed by atoms with van der Waals surface area (Å²) in [6.07, 6.45) is 0. The summed E-state index contributed by atoms with van der Waals surface area (Å²) in [5.41, 5.74) is 0. The van der Waals surface area contributed by atoms with E-state index < -0.39 is 5.97 Å². The number of aromatic carboxylic acids is 1. The van der Waals surface area contributed by atoms with E-state index >= 15 is 0 Å². The molecule has 0 atom stereocenters. The van der Waals surface area contributed by atoms with Crippen LogP contribution in [0.5, 0.6) is 10.9 Å². The Balaban J connectivity index is 2.22. The zero-order valence-corrected chi connectivity index (χ0v) is 11.9. The molecule has 17 heavy (non-hydrogen) atoms. The Morgan fingerprint density at radius 1 is 1.41 bits per heavy atom. The molecule has 1 aromatic heterocycles. The molecule has 0 saturated heterocycles. The zero-order valence-electron chi connectivity index (χ0n) is 8.18. The Hall–Kier alpha value is -0.860. The van der Waals surface area contributed by atoms with Gasteiger partial charge in [0.1, 0.15) is 5.75 Å². The summed E-state index contributed by atoms with van der Waals surface area (Å²) in [7, 11) is 0. The molecule has 0 aliphatic carbocycles. The van der Waals surface area contributed by atoms with E-state index in [-0.39, 0.29) is 15.2 Å². The smallest absolute Gasteiger partial charge is 0.349 e. The van der Waals surface area contributed by atoms with Crippen molar-refractivity contribution in [3.05, 3.63) is 37.9 Å². The van der Waals surface area contributed by atoms with Crippen LogP contribution in [0, 0.1) is 3.57 Å². The SMILES string of the molecule is O=C(O)c1sc(Oc2ccc(I)cc2)nc1Cl. The molecule has 2 aromatic rings. The molecular formula is C10H5ClINO3S. The molecule has 0 saturated carbocycles. The third-order valence-electron chi connectivity index (χ3n) is 1.78. The zero-order chi connectivity index (χ0) is 12.4. The van der Waals surface area contributed by atoms with Gasteiger partial charge in [-0.3, -0.25) is 0 Å². The van der Waals surface area contributed by atoms with Gasteiger partial charge in [0.05, 0.1) is 0 Å². The van der Waals surface area contributed by atoms with Crippen molar-refractivity contribution in [1.82, 2.24) is 4.98 Å². The van der Waals surface area contributed by atoms with Crippen molar-refractivity contribution in [1.29, 1.82) is 0 Å². The first-order valence-electron chi connectivity index (χ1n) is 4.39. The summed E-state index contributed by atoms with van der Waals surface area (Å²) >= 11 is 8.75. The fourth-order valence-corrected chi connectivity index (χ4v) is 2.41. The predicted octanol–water partition coefficient (Wildman–Crippen LogP) is 3.89. The quantitative estimate of drug-likeness (QED) is 0.820. The minimum absolute atomic E-state index is 0.0211. The van der Waals surface area contributed by atoms with Crippen molar-refractivity contribution >= 4 is 51.5 Å². The van der Waals surface area contributed by atoms with Crippen LogP contribution >= 0.6 is 45.5 Å². The topological polar surface area (TPSA) is 59.4 Å². The third-order valence-corrected chi connectivity index (χ3v) is 3.81. The third kappa shape index (κ3) is 3.08. The molecule has 0 unspecified atom stereocenters. The number of hydrogen-bond acceptors (Lipinski definition) is 4. The second kappa shape index (κ2) is 5.19. The standard InChI is InChI=1S/C10H5ClINO3S/c11-8-7(9(14)15)17-10(13-8)16-6-3-1-5(12)2-4-6/h1-4H,(H,14,15). The summed E-state index contributed by atoms with van der Waals surface area (Å²) in [5.74, 6) is -0.516. The number of nitrogens with zero attached hydrogens (tertiary/aromatic N) is 1. The van der Waals surface area contributed by atoms with Crippen molar-refractivity contribution in [2.45, 2.75) is 0 Å². The maximum atomic E-state index is 10.8. The first kappa shape index (κ1) is 12.6. The van der Waals surface area contributed by atoms with Gasteiger partial charge in [0.15, 0.2) is 10.0 Å². The van der Waals surface area contributed by atoms with Crippen LogP contribution in [0.15, 0.2) is 24.3 Å². The average Bonchev–Trinajstić information content (AvgIpc) is 2.63. The molecule has 4 nitrogen and oxygen atoms in total. The van der Waals surface area contributed by atoms with E-state index in [1.54, 1.807) is 12.1 Å². The summed E-state index contributed by atoms with van der Waals surface area (Å²) < 4.78 is 6.48. The molecule has 0 fully saturated rings. The van der Waals surface area contributed by atoms with E-state index in [4.69, 9.17) is 21.4 Å². The molecule has 0 bridgehead atoms. The fourth-order valence-electron chi connectivity index (χ4n) is 1.06. The maximum absolute atomic E-state index is 10.8. The molecule has 1 N–H and O–H groups in total. The van der Waals surface area contributed by atoms with Gasteiger partial charge in [-0.1, -0.05) is 22.9 Å². The van der Waals surface area contributed by atoms with E-state index in [0.29, 0.717) is 5.75 Å². The number of carbonyl (C=O) groups is 1. The van der Waals surface area contributed by atoms with E-state index in [1.807, 2.05) is 12.1 Å². The highest BCUT2D eigenvalue weighted by Crippen LogP contribution is 2.32. The Bertz CT molecular complexity index is 555. The first-order chi connectivity index (χ1) is 8.06. The second-order valence-electron chi connectivity index (χ2n) is 2.96. The molecule has 0 aliphatic heterocycles. The largest absolute Gasteiger partial charge is 0.477 e. The van der Waals surface area contributed by atoms with Crippen LogP contribution in [0.25, 0.3) is 0 Å². The van der Waals surface area contributed by atoms with Crippen LogP contribution in [0.1, 0.15) is 9.67 Å². The van der Waals surface area contributed by atoms with Gasteiger partial charge < -0.3 is 9.84 Å². The lowest BCUT2D eigenvalue weighted by molar-refractivity contribution is 0.0702. The van der Waals surface area contributed by atoms with Crippen LogP contribution in [0.2, 0.25) is 5.15 Å². The summed E-state index contributed by atoms with van der Waals surface area (Å²) in [6, 6.07) is 7.31. The van der Waals surface area contributed by atoms with Crippen molar-refractivity contribution in [2.75, 3.05) is 0 Å². The molecular weight excluding hydrogens is 377 g/mol.